The topological polar surface area (TPSA) is 55.6 Å². The Hall–Kier alpha value is -2.04. The summed E-state index contributed by atoms with van der Waals surface area (Å²) in [7, 11) is 0. The summed E-state index contributed by atoms with van der Waals surface area (Å²) in [6, 6.07) is 16.4. The highest BCUT2D eigenvalue weighted by atomic mass is 35.5. The summed E-state index contributed by atoms with van der Waals surface area (Å²) in [5, 5.41) is 0. The first-order chi connectivity index (χ1) is 12.6. The molecule has 0 bridgehead atoms. The van der Waals surface area contributed by atoms with Gasteiger partial charge in [-0.05, 0) is 55.1 Å². The average molecular weight is 389 g/mol. The van der Waals surface area contributed by atoms with Gasteiger partial charge in [0.05, 0.1) is 13.0 Å². The molecule has 0 saturated carbocycles. The summed E-state index contributed by atoms with van der Waals surface area (Å²) in [4.78, 5) is 14.5. The van der Waals surface area contributed by atoms with Gasteiger partial charge in [-0.15, -0.1) is 12.4 Å². The lowest BCUT2D eigenvalue weighted by atomic mass is 9.89. The van der Waals surface area contributed by atoms with Gasteiger partial charge in [-0.1, -0.05) is 36.4 Å². The number of carbonyl (C=O) groups is 1. The molecule has 1 aliphatic heterocycles. The Labute approximate surface area is 168 Å². The van der Waals surface area contributed by atoms with Crippen LogP contribution in [0.5, 0.6) is 5.75 Å². The van der Waals surface area contributed by atoms with E-state index >= 15 is 0 Å². The second kappa shape index (κ2) is 9.77. The molecule has 0 radical (unpaired) electrons. The molecule has 5 heteroatoms. The first-order valence-electron chi connectivity index (χ1n) is 9.31. The van der Waals surface area contributed by atoms with Gasteiger partial charge in [0.1, 0.15) is 5.75 Å². The number of ether oxygens (including phenoxy) is 1. The molecule has 0 aliphatic carbocycles. The Kier molecular flexibility index (Phi) is 7.69. The Morgan fingerprint density at radius 2 is 1.85 bits per heavy atom. The molecule has 1 amide bonds. The van der Waals surface area contributed by atoms with Crippen molar-refractivity contribution in [3.8, 4) is 5.75 Å². The van der Waals surface area contributed by atoms with Crippen molar-refractivity contribution in [2.75, 3.05) is 26.2 Å². The van der Waals surface area contributed by atoms with Crippen LogP contribution < -0.4 is 10.5 Å². The van der Waals surface area contributed by atoms with E-state index in [0.29, 0.717) is 31.4 Å². The van der Waals surface area contributed by atoms with Gasteiger partial charge in [0, 0.05) is 19.0 Å². The fraction of sp³-hybridized carbons (Fsp3) is 0.409. The van der Waals surface area contributed by atoms with Gasteiger partial charge in [-0.2, -0.15) is 0 Å². The molecule has 27 heavy (non-hydrogen) atoms. The number of hydrogen-bond donors (Lipinski definition) is 1. The highest BCUT2D eigenvalue weighted by Gasteiger charge is 2.34. The summed E-state index contributed by atoms with van der Waals surface area (Å²) >= 11 is 0. The Morgan fingerprint density at radius 1 is 1.11 bits per heavy atom. The normalized spacial score (nSPS) is 18.9. The number of amides is 1. The van der Waals surface area contributed by atoms with Gasteiger partial charge in [-0.3, -0.25) is 4.79 Å². The van der Waals surface area contributed by atoms with Crippen LogP contribution in [0.1, 0.15) is 29.0 Å². The molecule has 2 atom stereocenters. The van der Waals surface area contributed by atoms with Gasteiger partial charge < -0.3 is 15.4 Å². The van der Waals surface area contributed by atoms with E-state index in [4.69, 9.17) is 10.5 Å². The fourth-order valence-electron chi connectivity index (χ4n) is 3.61. The Morgan fingerprint density at radius 3 is 2.52 bits per heavy atom. The molecule has 1 aliphatic rings. The summed E-state index contributed by atoms with van der Waals surface area (Å²) in [6.07, 6.45) is 0.395. The third kappa shape index (κ3) is 5.24. The molecule has 4 nitrogen and oxygen atoms in total. The monoisotopic (exact) mass is 388 g/mol. The predicted octanol–water partition coefficient (Wildman–Crippen LogP) is 3.70. The maximum Gasteiger partial charge on any atom is 0.226 e. The quantitative estimate of drug-likeness (QED) is 0.820. The number of hydrogen-bond acceptors (Lipinski definition) is 3. The number of aryl methyl sites for hydroxylation is 2. The van der Waals surface area contributed by atoms with Crippen LogP contribution in [0.15, 0.2) is 48.5 Å². The van der Waals surface area contributed by atoms with E-state index in [1.54, 1.807) is 0 Å². The molecule has 0 unspecified atom stereocenters. The lowest BCUT2D eigenvalue weighted by Crippen LogP contribution is -2.30. The second-order valence-electron chi connectivity index (χ2n) is 7.16. The summed E-state index contributed by atoms with van der Waals surface area (Å²) < 4.78 is 5.76. The van der Waals surface area contributed by atoms with Crippen molar-refractivity contribution >= 4 is 18.3 Å². The minimum Gasteiger partial charge on any atom is -0.493 e. The zero-order valence-corrected chi connectivity index (χ0v) is 16.9. The molecule has 2 aromatic carbocycles. The smallest absolute Gasteiger partial charge is 0.226 e. The molecule has 1 heterocycles. The van der Waals surface area contributed by atoms with E-state index in [2.05, 4.69) is 26.0 Å². The maximum atomic E-state index is 12.6. The van der Waals surface area contributed by atoms with Crippen molar-refractivity contribution < 1.29 is 9.53 Å². The Balaban J connectivity index is 0.00000261. The van der Waals surface area contributed by atoms with Crippen molar-refractivity contribution in [3.63, 3.8) is 0 Å². The minimum atomic E-state index is 0. The second-order valence-corrected chi connectivity index (χ2v) is 7.16. The van der Waals surface area contributed by atoms with E-state index < -0.39 is 0 Å². The van der Waals surface area contributed by atoms with Crippen LogP contribution in [0.25, 0.3) is 0 Å². The molecule has 0 aromatic heterocycles. The summed E-state index contributed by atoms with van der Waals surface area (Å²) in [5.41, 5.74) is 9.67. The lowest BCUT2D eigenvalue weighted by Gasteiger charge is -2.17. The third-order valence-electron chi connectivity index (χ3n) is 5.39. The third-order valence-corrected chi connectivity index (χ3v) is 5.39. The van der Waals surface area contributed by atoms with E-state index in [9.17, 15) is 4.79 Å². The molecule has 1 saturated heterocycles. The van der Waals surface area contributed by atoms with Crippen LogP contribution in [0.2, 0.25) is 0 Å². The van der Waals surface area contributed by atoms with Crippen LogP contribution in [-0.4, -0.2) is 37.0 Å². The van der Waals surface area contributed by atoms with Crippen molar-refractivity contribution in [3.05, 3.63) is 65.2 Å². The number of benzene rings is 2. The standard InChI is InChI=1S/C22H28N2O2.ClH/c1-16-8-9-20(12-17(16)2)26-11-10-22(25)24-14-19(13-23)21(15-24)18-6-4-3-5-7-18;/h3-9,12,19,21H,10-11,13-15,23H2,1-2H3;1H/t19-,21+;/m1./s1. The van der Waals surface area contributed by atoms with Crippen LogP contribution in [0.4, 0.5) is 0 Å². The number of rotatable bonds is 6. The van der Waals surface area contributed by atoms with Crippen LogP contribution in [-0.2, 0) is 4.79 Å². The number of likely N-dealkylation sites (tertiary alicyclic amines) is 1. The van der Waals surface area contributed by atoms with Crippen molar-refractivity contribution in [2.45, 2.75) is 26.2 Å². The number of carbonyl (C=O) groups excluding carboxylic acids is 1. The first kappa shape index (κ1) is 21.3. The van der Waals surface area contributed by atoms with Crippen LogP contribution >= 0.6 is 12.4 Å². The molecule has 2 N–H and O–H groups in total. The van der Waals surface area contributed by atoms with Crippen LogP contribution in [0, 0.1) is 19.8 Å². The zero-order chi connectivity index (χ0) is 18.5. The molecule has 3 rings (SSSR count). The lowest BCUT2D eigenvalue weighted by molar-refractivity contribution is -0.130. The van der Waals surface area contributed by atoms with E-state index in [-0.39, 0.29) is 18.3 Å². The summed E-state index contributed by atoms with van der Waals surface area (Å²) in [6.45, 7) is 6.62. The largest absolute Gasteiger partial charge is 0.493 e. The van der Waals surface area contributed by atoms with E-state index in [1.165, 1.54) is 16.7 Å². The molecular formula is C22H29ClN2O2. The van der Waals surface area contributed by atoms with Crippen molar-refractivity contribution in [1.82, 2.24) is 4.90 Å². The van der Waals surface area contributed by atoms with Crippen molar-refractivity contribution in [1.29, 1.82) is 0 Å². The summed E-state index contributed by atoms with van der Waals surface area (Å²) in [5.74, 6) is 1.61. The Bertz CT molecular complexity index is 751. The predicted molar refractivity (Wildman–Crippen MR) is 112 cm³/mol. The minimum absolute atomic E-state index is 0. The number of halogens is 1. The van der Waals surface area contributed by atoms with Gasteiger partial charge in [0.2, 0.25) is 5.91 Å². The van der Waals surface area contributed by atoms with Crippen LogP contribution in [0.3, 0.4) is 0 Å². The highest BCUT2D eigenvalue weighted by molar-refractivity contribution is 5.85. The van der Waals surface area contributed by atoms with E-state index in [0.717, 1.165) is 18.8 Å². The first-order valence-corrected chi connectivity index (χ1v) is 9.31. The highest BCUT2D eigenvalue weighted by Crippen LogP contribution is 2.32. The molecule has 0 spiro atoms. The fourth-order valence-corrected chi connectivity index (χ4v) is 3.61. The van der Waals surface area contributed by atoms with Gasteiger partial charge >= 0.3 is 0 Å². The van der Waals surface area contributed by atoms with Gasteiger partial charge in [-0.25, -0.2) is 0 Å². The molecule has 146 valence electrons. The SMILES string of the molecule is Cc1ccc(OCCC(=O)N2C[C@@H](CN)[C@H](c3ccccc3)C2)cc1C.Cl. The maximum absolute atomic E-state index is 12.6. The molecule has 2 aromatic rings. The molecule has 1 fully saturated rings. The molecular weight excluding hydrogens is 360 g/mol. The number of nitrogens with zero attached hydrogens (tertiary/aromatic N) is 1. The van der Waals surface area contributed by atoms with Crippen molar-refractivity contribution in [2.24, 2.45) is 11.7 Å². The van der Waals surface area contributed by atoms with Gasteiger partial charge in [0.15, 0.2) is 0 Å². The zero-order valence-electron chi connectivity index (χ0n) is 16.1. The van der Waals surface area contributed by atoms with Gasteiger partial charge in [0.25, 0.3) is 0 Å². The average Bonchev–Trinajstić information content (AvgIpc) is 3.10. The van der Waals surface area contributed by atoms with E-state index in [1.807, 2.05) is 41.3 Å². The number of nitrogens with two attached hydrogens (primary N) is 1.